The van der Waals surface area contributed by atoms with Gasteiger partial charge in [-0.2, -0.15) is 0 Å². The van der Waals surface area contributed by atoms with Crippen molar-refractivity contribution in [3.05, 3.63) is 64.7 Å². The molecule has 0 aliphatic carbocycles. The molecule has 1 aliphatic rings. The van der Waals surface area contributed by atoms with Gasteiger partial charge in [-0.1, -0.05) is 41.9 Å². The molecule has 0 saturated heterocycles. The predicted octanol–water partition coefficient (Wildman–Crippen LogP) is 4.17. The Bertz CT molecular complexity index is 872. The molecule has 1 atom stereocenters. The van der Waals surface area contributed by atoms with Crippen LogP contribution >= 0.6 is 11.6 Å². The summed E-state index contributed by atoms with van der Waals surface area (Å²) in [5, 5.41) is 0.147. The number of carbonyl (C=O) groups is 1. The SMILES string of the molecule is CC1(C)OC(c2ccc(S(=O)O)c(Cl)c2)=C(c2ccccc2)C1=O. The topological polar surface area (TPSA) is 63.6 Å². The maximum atomic E-state index is 12.8. The Kier molecular flexibility index (Phi) is 4.34. The summed E-state index contributed by atoms with van der Waals surface area (Å²) in [6, 6.07) is 13.9. The second kappa shape index (κ2) is 6.16. The molecule has 0 aromatic heterocycles. The van der Waals surface area contributed by atoms with Gasteiger partial charge in [-0.3, -0.25) is 4.79 Å². The number of hydrogen-bond acceptors (Lipinski definition) is 3. The first-order valence-electron chi connectivity index (χ1n) is 7.25. The monoisotopic (exact) mass is 362 g/mol. The predicted molar refractivity (Wildman–Crippen MR) is 93.9 cm³/mol. The van der Waals surface area contributed by atoms with Crippen LogP contribution in [0.2, 0.25) is 5.02 Å². The van der Waals surface area contributed by atoms with E-state index in [1.807, 2.05) is 30.3 Å². The Hall–Kier alpha value is -1.95. The van der Waals surface area contributed by atoms with Crippen molar-refractivity contribution in [1.82, 2.24) is 0 Å². The molecule has 6 heteroatoms. The third kappa shape index (κ3) is 2.90. The fourth-order valence-electron chi connectivity index (χ4n) is 2.61. The van der Waals surface area contributed by atoms with Gasteiger partial charge in [0.15, 0.2) is 16.7 Å². The Morgan fingerprint density at radius 1 is 1.08 bits per heavy atom. The highest BCUT2D eigenvalue weighted by atomic mass is 35.5. The lowest BCUT2D eigenvalue weighted by atomic mass is 9.93. The Labute approximate surface area is 147 Å². The van der Waals surface area contributed by atoms with Gasteiger partial charge in [0, 0.05) is 5.56 Å². The van der Waals surface area contributed by atoms with E-state index < -0.39 is 16.7 Å². The van der Waals surface area contributed by atoms with Crippen LogP contribution in [-0.2, 0) is 20.6 Å². The molecule has 3 rings (SSSR count). The standard InChI is InChI=1S/C18H15ClO4S/c1-18(2)17(20)15(11-6-4-3-5-7-11)16(23-18)12-8-9-14(24(21)22)13(19)10-12/h3-10H,1-2H3,(H,21,22). The van der Waals surface area contributed by atoms with Crippen LogP contribution in [0.5, 0.6) is 0 Å². The van der Waals surface area contributed by atoms with Crippen LogP contribution in [0.15, 0.2) is 53.4 Å². The van der Waals surface area contributed by atoms with Gasteiger partial charge in [-0.05, 0) is 37.6 Å². The molecule has 1 heterocycles. The molecule has 24 heavy (non-hydrogen) atoms. The summed E-state index contributed by atoms with van der Waals surface area (Å²) in [6.45, 7) is 3.42. The zero-order valence-electron chi connectivity index (χ0n) is 13.1. The third-order valence-corrected chi connectivity index (χ3v) is 4.96. The molecule has 4 nitrogen and oxygen atoms in total. The zero-order chi connectivity index (χ0) is 17.5. The first kappa shape index (κ1) is 16.9. The lowest BCUT2D eigenvalue weighted by molar-refractivity contribution is -0.125. The molecule has 0 radical (unpaired) electrons. The minimum Gasteiger partial charge on any atom is -0.478 e. The maximum Gasteiger partial charge on any atom is 0.210 e. The van der Waals surface area contributed by atoms with Gasteiger partial charge in [-0.15, -0.1) is 0 Å². The minimum absolute atomic E-state index is 0.116. The van der Waals surface area contributed by atoms with E-state index in [9.17, 15) is 13.6 Å². The summed E-state index contributed by atoms with van der Waals surface area (Å²) in [4.78, 5) is 12.9. The molecule has 2 aromatic carbocycles. The number of hydrogen-bond donors (Lipinski definition) is 1. The summed E-state index contributed by atoms with van der Waals surface area (Å²) < 4.78 is 26.3. The lowest BCUT2D eigenvalue weighted by Crippen LogP contribution is -2.29. The van der Waals surface area contributed by atoms with Crippen LogP contribution in [0.25, 0.3) is 11.3 Å². The second-order valence-electron chi connectivity index (χ2n) is 5.91. The van der Waals surface area contributed by atoms with Gasteiger partial charge >= 0.3 is 0 Å². The molecule has 2 aromatic rings. The highest BCUT2D eigenvalue weighted by molar-refractivity contribution is 7.79. The van der Waals surface area contributed by atoms with Crippen LogP contribution in [0.1, 0.15) is 25.0 Å². The first-order valence-corrected chi connectivity index (χ1v) is 8.74. The van der Waals surface area contributed by atoms with Crippen LogP contribution in [0, 0.1) is 0 Å². The summed E-state index contributed by atoms with van der Waals surface area (Å²) in [7, 11) is 0. The minimum atomic E-state index is -2.17. The van der Waals surface area contributed by atoms with Gasteiger partial charge < -0.3 is 9.29 Å². The largest absolute Gasteiger partial charge is 0.478 e. The average Bonchev–Trinajstić information content (AvgIpc) is 2.78. The van der Waals surface area contributed by atoms with Crippen molar-refractivity contribution in [3.8, 4) is 0 Å². The lowest BCUT2D eigenvalue weighted by Gasteiger charge is -2.18. The molecular formula is C18H15ClO4S. The fraction of sp³-hybridized carbons (Fsp3) is 0.167. The smallest absolute Gasteiger partial charge is 0.210 e. The fourth-order valence-corrected chi connectivity index (χ4v) is 3.40. The van der Waals surface area contributed by atoms with Crippen LogP contribution in [0.4, 0.5) is 0 Å². The van der Waals surface area contributed by atoms with Crippen molar-refractivity contribution in [2.24, 2.45) is 0 Å². The number of ether oxygens (including phenoxy) is 1. The summed E-state index contributed by atoms with van der Waals surface area (Å²) in [5.41, 5.74) is 0.848. The van der Waals surface area contributed by atoms with Crippen LogP contribution in [-0.4, -0.2) is 20.1 Å². The molecule has 0 saturated carbocycles. The highest BCUT2D eigenvalue weighted by Gasteiger charge is 2.42. The van der Waals surface area contributed by atoms with Crippen molar-refractivity contribution < 1.29 is 18.3 Å². The maximum absolute atomic E-state index is 12.8. The summed E-state index contributed by atoms with van der Waals surface area (Å²) >= 11 is 3.91. The number of rotatable bonds is 3. The van der Waals surface area contributed by atoms with E-state index in [-0.39, 0.29) is 15.7 Å². The summed E-state index contributed by atoms with van der Waals surface area (Å²) in [6.07, 6.45) is 0. The normalized spacial score (nSPS) is 17.8. The van der Waals surface area contributed by atoms with Gasteiger partial charge in [0.05, 0.1) is 15.5 Å². The van der Waals surface area contributed by atoms with Crippen molar-refractivity contribution in [1.29, 1.82) is 0 Å². The van der Waals surface area contributed by atoms with Crippen molar-refractivity contribution >= 4 is 39.8 Å². The molecule has 0 fully saturated rings. The second-order valence-corrected chi connectivity index (χ2v) is 7.25. The summed E-state index contributed by atoms with van der Waals surface area (Å²) in [5.74, 6) is 0.308. The van der Waals surface area contributed by atoms with Crippen LogP contribution < -0.4 is 0 Å². The number of halogens is 1. The Morgan fingerprint density at radius 2 is 1.75 bits per heavy atom. The molecule has 0 spiro atoms. The van der Waals surface area contributed by atoms with E-state index in [1.165, 1.54) is 12.1 Å². The molecule has 1 N–H and O–H groups in total. The van der Waals surface area contributed by atoms with Crippen molar-refractivity contribution in [2.75, 3.05) is 0 Å². The third-order valence-electron chi connectivity index (χ3n) is 3.80. The van der Waals surface area contributed by atoms with Gasteiger partial charge in [0.1, 0.15) is 5.76 Å². The average molecular weight is 363 g/mol. The van der Waals surface area contributed by atoms with E-state index in [0.29, 0.717) is 16.9 Å². The number of ketones is 1. The Balaban J connectivity index is 2.19. The molecule has 0 amide bonds. The molecule has 1 aliphatic heterocycles. The van der Waals surface area contributed by atoms with E-state index in [1.54, 1.807) is 19.9 Å². The number of benzene rings is 2. The van der Waals surface area contributed by atoms with E-state index >= 15 is 0 Å². The van der Waals surface area contributed by atoms with E-state index in [4.69, 9.17) is 16.3 Å². The highest BCUT2D eigenvalue weighted by Crippen LogP contribution is 2.42. The molecule has 1 unspecified atom stereocenters. The van der Waals surface area contributed by atoms with E-state index in [0.717, 1.165) is 5.56 Å². The first-order chi connectivity index (χ1) is 11.3. The van der Waals surface area contributed by atoms with Crippen molar-refractivity contribution in [2.45, 2.75) is 24.3 Å². The molecular weight excluding hydrogens is 348 g/mol. The molecule has 0 bridgehead atoms. The van der Waals surface area contributed by atoms with Gasteiger partial charge in [0.25, 0.3) is 0 Å². The quantitative estimate of drug-likeness (QED) is 0.832. The number of Topliss-reactive ketones (excluding diaryl/α,β-unsaturated/α-hetero) is 1. The van der Waals surface area contributed by atoms with Crippen molar-refractivity contribution in [3.63, 3.8) is 0 Å². The molecule has 124 valence electrons. The number of carbonyl (C=O) groups excluding carboxylic acids is 1. The van der Waals surface area contributed by atoms with Gasteiger partial charge in [0.2, 0.25) is 5.78 Å². The zero-order valence-corrected chi connectivity index (χ0v) is 14.6. The Morgan fingerprint density at radius 3 is 2.33 bits per heavy atom. The van der Waals surface area contributed by atoms with E-state index in [2.05, 4.69) is 0 Å². The van der Waals surface area contributed by atoms with Crippen LogP contribution in [0.3, 0.4) is 0 Å². The van der Waals surface area contributed by atoms with Gasteiger partial charge in [-0.25, -0.2) is 4.21 Å².